The summed E-state index contributed by atoms with van der Waals surface area (Å²) in [5.74, 6) is -0.786. The van der Waals surface area contributed by atoms with E-state index in [0.29, 0.717) is 12.1 Å². The van der Waals surface area contributed by atoms with Crippen molar-refractivity contribution in [2.75, 3.05) is 27.2 Å². The molecule has 1 aliphatic rings. The summed E-state index contributed by atoms with van der Waals surface area (Å²) in [4.78, 5) is 37.3. The first-order valence-corrected chi connectivity index (χ1v) is 16.0. The number of aryl methyl sites for hydroxylation is 2. The maximum Gasteiger partial charge on any atom is 0.304 e. The van der Waals surface area contributed by atoms with Gasteiger partial charge in [0.05, 0.1) is 18.3 Å². The molecule has 0 aliphatic carbocycles. The maximum atomic E-state index is 12.6. The number of carboxylic acids is 1. The van der Waals surface area contributed by atoms with Crippen molar-refractivity contribution in [1.29, 1.82) is 0 Å². The van der Waals surface area contributed by atoms with Crippen molar-refractivity contribution >= 4 is 53.4 Å². The number of benzene rings is 2. The number of amides is 1. The summed E-state index contributed by atoms with van der Waals surface area (Å²) in [6, 6.07) is 10.3. The van der Waals surface area contributed by atoms with Crippen LogP contribution in [-0.2, 0) is 17.8 Å². The van der Waals surface area contributed by atoms with Gasteiger partial charge in [-0.05, 0) is 66.3 Å². The Kier molecular flexibility index (Phi) is 7.97. The number of carboxylic acid groups (broad SMARTS) is 1. The average Bonchev–Trinajstić information content (AvgIpc) is 3.29. The van der Waals surface area contributed by atoms with Gasteiger partial charge in [-0.25, -0.2) is 9.97 Å². The average molecular weight is 656 g/mol. The molecule has 3 heterocycles. The van der Waals surface area contributed by atoms with E-state index in [-0.39, 0.29) is 12.3 Å². The summed E-state index contributed by atoms with van der Waals surface area (Å²) in [6.07, 6.45) is 4.93. The van der Waals surface area contributed by atoms with E-state index in [1.807, 2.05) is 41.5 Å². The van der Waals surface area contributed by atoms with E-state index in [1.54, 1.807) is 19.0 Å². The van der Waals surface area contributed by atoms with E-state index in [9.17, 15) is 9.59 Å². The third kappa shape index (κ3) is 5.55. The van der Waals surface area contributed by atoms with E-state index < -0.39 is 5.97 Å². The fourth-order valence-corrected chi connectivity index (χ4v) is 6.50. The van der Waals surface area contributed by atoms with Crippen molar-refractivity contribution in [3.63, 3.8) is 0 Å². The third-order valence-corrected chi connectivity index (χ3v) is 8.99. The van der Waals surface area contributed by atoms with E-state index in [1.165, 1.54) is 25.8 Å². The predicted molar refractivity (Wildman–Crippen MR) is 164 cm³/mol. The van der Waals surface area contributed by atoms with Crippen LogP contribution in [0.3, 0.4) is 0 Å². The number of carbonyl (C=O) groups excluding carboxylic acids is 1. The number of hydrogen-bond donors (Lipinski definition) is 1. The molecule has 0 fully saturated rings. The SMILES string of the molecule is Cc1cc(-c2cn(SI)c3ncc(-c4cc(C)c5c(c4)CN(CCC(=O)O)CC5)nc23)ccc1C(=O)N(C)C. The van der Waals surface area contributed by atoms with Crippen LogP contribution in [0.4, 0.5) is 0 Å². The Labute approximate surface area is 244 Å². The summed E-state index contributed by atoms with van der Waals surface area (Å²) >= 11 is 2.24. The summed E-state index contributed by atoms with van der Waals surface area (Å²) < 4.78 is 2.01. The number of aliphatic carboxylic acids is 1. The highest BCUT2D eigenvalue weighted by atomic mass is 127. The predicted octanol–water partition coefficient (Wildman–Crippen LogP) is 5.76. The third-order valence-electron chi connectivity index (χ3n) is 7.29. The van der Waals surface area contributed by atoms with E-state index in [2.05, 4.69) is 45.2 Å². The molecule has 1 aliphatic heterocycles. The molecule has 0 atom stereocenters. The molecule has 39 heavy (non-hydrogen) atoms. The molecule has 0 bridgehead atoms. The molecule has 10 heteroatoms. The molecule has 8 nitrogen and oxygen atoms in total. The van der Waals surface area contributed by atoms with Crippen molar-refractivity contribution in [1.82, 2.24) is 23.7 Å². The van der Waals surface area contributed by atoms with Gasteiger partial charge >= 0.3 is 5.97 Å². The van der Waals surface area contributed by atoms with Crippen LogP contribution < -0.4 is 0 Å². The topological polar surface area (TPSA) is 91.6 Å². The minimum Gasteiger partial charge on any atom is -0.481 e. The summed E-state index contributed by atoms with van der Waals surface area (Å²) in [7, 11) is 5.05. The normalized spacial score (nSPS) is 13.5. The van der Waals surface area contributed by atoms with Gasteiger partial charge in [0, 0.05) is 86.9 Å². The van der Waals surface area contributed by atoms with Gasteiger partial charge in [-0.1, -0.05) is 12.1 Å². The molecule has 0 unspecified atom stereocenters. The van der Waals surface area contributed by atoms with Gasteiger partial charge in [0.2, 0.25) is 0 Å². The largest absolute Gasteiger partial charge is 0.481 e. The number of nitrogens with zero attached hydrogens (tertiary/aromatic N) is 5. The molecule has 1 N–H and O–H groups in total. The lowest BCUT2D eigenvalue weighted by Gasteiger charge is -2.29. The van der Waals surface area contributed by atoms with Crippen LogP contribution in [-0.4, -0.2) is 67.9 Å². The standard InChI is InChI=1S/C29H30IN5O3S/c1-17-12-20(13-21-15-34(9-7-22(17)21)10-8-26(36)37)25-14-31-28-27(32-25)24(16-35(28)39-30)19-5-6-23(18(2)11-19)29(38)33(3)4/h5-6,11-14,16H,7-10,15H2,1-4H3,(H,36,37). The van der Waals surface area contributed by atoms with Crippen molar-refractivity contribution in [2.45, 2.75) is 33.2 Å². The Morgan fingerprint density at radius 3 is 2.59 bits per heavy atom. The Balaban J connectivity index is 1.55. The first-order chi connectivity index (χ1) is 18.7. The molecule has 2 aromatic heterocycles. The first kappa shape index (κ1) is 27.6. The van der Waals surface area contributed by atoms with Gasteiger partial charge < -0.3 is 10.0 Å². The van der Waals surface area contributed by atoms with Crippen LogP contribution in [0.25, 0.3) is 33.5 Å². The Hall–Kier alpha value is -2.96. The lowest BCUT2D eigenvalue weighted by atomic mass is 9.92. The van der Waals surface area contributed by atoms with Crippen molar-refractivity contribution in [3.05, 3.63) is 70.5 Å². The summed E-state index contributed by atoms with van der Waals surface area (Å²) in [5, 5.41) is 9.10. The van der Waals surface area contributed by atoms with Crippen LogP contribution in [0.2, 0.25) is 0 Å². The molecule has 1 amide bonds. The van der Waals surface area contributed by atoms with Crippen molar-refractivity contribution in [3.8, 4) is 22.4 Å². The molecule has 0 radical (unpaired) electrons. The van der Waals surface area contributed by atoms with Gasteiger partial charge in [-0.2, -0.15) is 0 Å². The zero-order chi connectivity index (χ0) is 27.8. The second-order valence-electron chi connectivity index (χ2n) is 10.2. The zero-order valence-electron chi connectivity index (χ0n) is 22.4. The number of aromatic nitrogens is 3. The van der Waals surface area contributed by atoms with Crippen LogP contribution in [0.1, 0.15) is 39.0 Å². The Morgan fingerprint density at radius 2 is 1.90 bits per heavy atom. The van der Waals surface area contributed by atoms with E-state index in [4.69, 9.17) is 15.1 Å². The second kappa shape index (κ2) is 11.3. The number of rotatable bonds is 7. The molecule has 202 valence electrons. The molecule has 4 aromatic rings. The molecule has 2 aromatic carbocycles. The van der Waals surface area contributed by atoms with Crippen LogP contribution in [0, 0.1) is 13.8 Å². The highest BCUT2D eigenvalue weighted by Gasteiger charge is 2.21. The maximum absolute atomic E-state index is 12.6. The molecule has 0 spiro atoms. The minimum atomic E-state index is -0.768. The minimum absolute atomic E-state index is 0.0179. The molecular weight excluding hydrogens is 625 g/mol. The molecular formula is C29H30IN5O3S. The van der Waals surface area contributed by atoms with Gasteiger partial charge in [-0.15, -0.1) is 0 Å². The molecule has 5 rings (SSSR count). The quantitative estimate of drug-likeness (QED) is 0.253. The lowest BCUT2D eigenvalue weighted by molar-refractivity contribution is -0.137. The fraction of sp³-hybridized carbons (Fsp3) is 0.310. The van der Waals surface area contributed by atoms with E-state index >= 15 is 0 Å². The number of hydrogen-bond acceptors (Lipinski definition) is 6. The summed E-state index contributed by atoms with van der Waals surface area (Å²) in [6.45, 7) is 6.24. The number of fused-ring (bicyclic) bond motifs is 2. The molecule has 0 saturated heterocycles. The highest BCUT2D eigenvalue weighted by Crippen LogP contribution is 2.36. The zero-order valence-corrected chi connectivity index (χ0v) is 25.3. The van der Waals surface area contributed by atoms with E-state index in [0.717, 1.165) is 58.6 Å². The number of carbonyl (C=O) groups is 2. The fourth-order valence-electron chi connectivity index (χ4n) is 5.25. The van der Waals surface area contributed by atoms with Crippen LogP contribution in [0.5, 0.6) is 0 Å². The Morgan fingerprint density at radius 1 is 1.13 bits per heavy atom. The summed E-state index contributed by atoms with van der Waals surface area (Å²) in [5.41, 5.74) is 10.7. The second-order valence-corrected chi connectivity index (χ2v) is 11.9. The Bertz CT molecular complexity index is 1600. The van der Waals surface area contributed by atoms with Crippen LogP contribution in [0.15, 0.2) is 42.7 Å². The smallest absolute Gasteiger partial charge is 0.304 e. The molecule has 0 saturated carbocycles. The highest BCUT2D eigenvalue weighted by molar-refractivity contribution is 14.2. The van der Waals surface area contributed by atoms with Gasteiger partial charge in [0.1, 0.15) is 5.52 Å². The van der Waals surface area contributed by atoms with Crippen molar-refractivity contribution < 1.29 is 14.7 Å². The van der Waals surface area contributed by atoms with Gasteiger partial charge in [0.25, 0.3) is 5.91 Å². The van der Waals surface area contributed by atoms with Gasteiger partial charge in [0.15, 0.2) is 5.65 Å². The monoisotopic (exact) mass is 655 g/mol. The van der Waals surface area contributed by atoms with Crippen molar-refractivity contribution in [2.24, 2.45) is 0 Å². The lowest BCUT2D eigenvalue weighted by Crippen LogP contribution is -2.32. The van der Waals surface area contributed by atoms with Crippen LogP contribution >= 0.6 is 30.3 Å². The number of halogens is 1. The van der Waals surface area contributed by atoms with Gasteiger partial charge in [-0.3, -0.25) is 18.5 Å². The first-order valence-electron chi connectivity index (χ1n) is 12.7.